The number of amides is 1. The summed E-state index contributed by atoms with van der Waals surface area (Å²) in [4.78, 5) is 11.2. The number of hydrogen-bond donors (Lipinski definition) is 1. The first-order chi connectivity index (χ1) is 7.58. The predicted octanol–water partition coefficient (Wildman–Crippen LogP) is 1.42. The molecule has 1 heterocycles. The Hall–Kier alpha value is -0.810. The maximum absolute atomic E-state index is 11.2. The number of nitrogens with one attached hydrogen (secondary N) is 1. The van der Waals surface area contributed by atoms with E-state index in [1.807, 2.05) is 6.92 Å². The first kappa shape index (κ1) is 11.7. The fourth-order valence-corrected chi connectivity index (χ4v) is 2.32. The van der Waals surface area contributed by atoms with Crippen molar-refractivity contribution in [2.45, 2.75) is 44.0 Å². The van der Waals surface area contributed by atoms with E-state index in [-0.39, 0.29) is 11.7 Å². The molecule has 0 aromatic rings. The van der Waals surface area contributed by atoms with Crippen LogP contribution in [-0.4, -0.2) is 37.7 Å². The smallest absolute Gasteiger partial charge is 0.407 e. The lowest BCUT2D eigenvalue weighted by Gasteiger charge is -2.40. The normalized spacial score (nSPS) is 26.6. The van der Waals surface area contributed by atoms with Crippen LogP contribution in [0.25, 0.3) is 0 Å². The fourth-order valence-electron chi connectivity index (χ4n) is 2.32. The van der Waals surface area contributed by atoms with E-state index in [0.717, 1.165) is 25.7 Å². The summed E-state index contributed by atoms with van der Waals surface area (Å²) in [5.41, 5.74) is -0.388. The Kier molecular flexibility index (Phi) is 3.08. The number of alkyl carbamates (subject to hydrolysis) is 1. The van der Waals surface area contributed by atoms with Gasteiger partial charge in [0.2, 0.25) is 0 Å². The number of carbonyl (C=O) groups excluding carboxylic acids is 1. The third-order valence-electron chi connectivity index (χ3n) is 3.43. The topological polar surface area (TPSA) is 56.8 Å². The standard InChI is InChI=1S/C11H19NO4/c1-10(16-9(13)12-2)3-5-11(6-4-10)14-7-8-15-11/h3-8H2,1-2H3,(H,12,13). The largest absolute Gasteiger partial charge is 0.443 e. The van der Waals surface area contributed by atoms with E-state index >= 15 is 0 Å². The molecule has 0 unspecified atom stereocenters. The molecule has 16 heavy (non-hydrogen) atoms. The summed E-state index contributed by atoms with van der Waals surface area (Å²) in [6.07, 6.45) is 2.77. The van der Waals surface area contributed by atoms with Crippen molar-refractivity contribution in [3.05, 3.63) is 0 Å². The maximum atomic E-state index is 11.2. The zero-order valence-corrected chi connectivity index (χ0v) is 9.88. The van der Waals surface area contributed by atoms with E-state index in [2.05, 4.69) is 5.32 Å². The Morgan fingerprint density at radius 3 is 2.25 bits per heavy atom. The molecule has 1 N–H and O–H groups in total. The molecule has 1 spiro atoms. The van der Waals surface area contributed by atoms with Gasteiger partial charge in [-0.15, -0.1) is 0 Å². The lowest BCUT2D eigenvalue weighted by Crippen LogP contribution is -2.45. The molecule has 5 heteroatoms. The maximum Gasteiger partial charge on any atom is 0.407 e. The lowest BCUT2D eigenvalue weighted by atomic mass is 9.82. The summed E-state index contributed by atoms with van der Waals surface area (Å²) >= 11 is 0. The second-order valence-corrected chi connectivity index (χ2v) is 4.70. The summed E-state index contributed by atoms with van der Waals surface area (Å²) in [5, 5.41) is 2.47. The van der Waals surface area contributed by atoms with Gasteiger partial charge in [-0.1, -0.05) is 0 Å². The van der Waals surface area contributed by atoms with Crippen molar-refractivity contribution in [1.29, 1.82) is 0 Å². The van der Waals surface area contributed by atoms with Crippen LogP contribution >= 0.6 is 0 Å². The van der Waals surface area contributed by atoms with Gasteiger partial charge in [0.05, 0.1) is 13.2 Å². The zero-order chi connectivity index (χ0) is 11.6. The van der Waals surface area contributed by atoms with Gasteiger partial charge in [0.25, 0.3) is 0 Å². The van der Waals surface area contributed by atoms with Crippen molar-refractivity contribution >= 4 is 6.09 Å². The van der Waals surface area contributed by atoms with Crippen LogP contribution in [0.2, 0.25) is 0 Å². The first-order valence-corrected chi connectivity index (χ1v) is 5.76. The van der Waals surface area contributed by atoms with Crippen LogP contribution in [0.3, 0.4) is 0 Å². The van der Waals surface area contributed by atoms with Gasteiger partial charge in [-0.05, 0) is 19.8 Å². The minimum Gasteiger partial charge on any atom is -0.443 e. The van der Waals surface area contributed by atoms with Gasteiger partial charge in [-0.2, -0.15) is 0 Å². The molecule has 0 radical (unpaired) electrons. The van der Waals surface area contributed by atoms with E-state index in [9.17, 15) is 4.79 Å². The molecule has 92 valence electrons. The first-order valence-electron chi connectivity index (χ1n) is 5.76. The van der Waals surface area contributed by atoms with E-state index < -0.39 is 5.79 Å². The van der Waals surface area contributed by atoms with Crippen LogP contribution in [0.15, 0.2) is 0 Å². The number of hydrogen-bond acceptors (Lipinski definition) is 4. The molecule has 0 aromatic carbocycles. The van der Waals surface area contributed by atoms with Crippen molar-refractivity contribution in [3.8, 4) is 0 Å². The van der Waals surface area contributed by atoms with E-state index in [1.54, 1.807) is 7.05 Å². The molecular weight excluding hydrogens is 210 g/mol. The molecule has 1 saturated heterocycles. The Morgan fingerprint density at radius 1 is 1.19 bits per heavy atom. The van der Waals surface area contributed by atoms with Crippen LogP contribution in [0, 0.1) is 0 Å². The van der Waals surface area contributed by atoms with E-state index in [4.69, 9.17) is 14.2 Å². The van der Waals surface area contributed by atoms with Crippen LogP contribution in [-0.2, 0) is 14.2 Å². The van der Waals surface area contributed by atoms with Gasteiger partial charge in [-0.25, -0.2) is 4.79 Å². The Labute approximate surface area is 95.4 Å². The van der Waals surface area contributed by atoms with Crippen molar-refractivity contribution in [2.24, 2.45) is 0 Å². The zero-order valence-electron chi connectivity index (χ0n) is 9.88. The molecule has 0 aromatic heterocycles. The third kappa shape index (κ3) is 2.30. The van der Waals surface area contributed by atoms with Crippen LogP contribution in [0.5, 0.6) is 0 Å². The summed E-state index contributed by atoms with van der Waals surface area (Å²) in [6.45, 7) is 3.31. The highest BCUT2D eigenvalue weighted by Crippen LogP contribution is 2.41. The van der Waals surface area contributed by atoms with Crippen molar-refractivity contribution in [1.82, 2.24) is 5.32 Å². The van der Waals surface area contributed by atoms with E-state index in [0.29, 0.717) is 13.2 Å². The molecule has 1 aliphatic carbocycles. The lowest BCUT2D eigenvalue weighted by molar-refractivity contribution is -0.199. The molecule has 5 nitrogen and oxygen atoms in total. The van der Waals surface area contributed by atoms with Gasteiger partial charge in [0.15, 0.2) is 5.79 Å². The van der Waals surface area contributed by atoms with Crippen molar-refractivity contribution in [3.63, 3.8) is 0 Å². The minimum absolute atomic E-state index is 0.369. The van der Waals surface area contributed by atoms with Crippen molar-refractivity contribution < 1.29 is 19.0 Å². The van der Waals surface area contributed by atoms with Gasteiger partial charge in [0, 0.05) is 19.9 Å². The average molecular weight is 229 g/mol. The number of carbonyl (C=O) groups is 1. The highest BCUT2D eigenvalue weighted by molar-refractivity contribution is 5.67. The van der Waals surface area contributed by atoms with Gasteiger partial charge < -0.3 is 19.5 Å². The summed E-state index contributed by atoms with van der Waals surface area (Å²) in [6, 6.07) is 0. The molecule has 2 rings (SSSR count). The summed E-state index contributed by atoms with van der Waals surface area (Å²) in [7, 11) is 1.57. The molecule has 1 aliphatic heterocycles. The summed E-state index contributed by atoms with van der Waals surface area (Å²) in [5.74, 6) is -0.397. The van der Waals surface area contributed by atoms with Crippen molar-refractivity contribution in [2.75, 3.05) is 20.3 Å². The fraction of sp³-hybridized carbons (Fsp3) is 0.909. The molecule has 2 fully saturated rings. The predicted molar refractivity (Wildman–Crippen MR) is 57.0 cm³/mol. The number of ether oxygens (including phenoxy) is 3. The van der Waals surface area contributed by atoms with Crippen LogP contribution in [0.4, 0.5) is 4.79 Å². The highest BCUT2D eigenvalue weighted by atomic mass is 16.7. The minimum atomic E-state index is -0.397. The highest BCUT2D eigenvalue weighted by Gasteiger charge is 2.45. The van der Waals surface area contributed by atoms with Gasteiger partial charge >= 0.3 is 6.09 Å². The Morgan fingerprint density at radius 2 is 1.75 bits per heavy atom. The summed E-state index contributed by atoms with van der Waals surface area (Å²) < 4.78 is 16.6. The molecule has 2 aliphatic rings. The quantitative estimate of drug-likeness (QED) is 0.738. The van der Waals surface area contributed by atoms with Crippen LogP contribution < -0.4 is 5.32 Å². The second-order valence-electron chi connectivity index (χ2n) is 4.70. The molecular formula is C11H19NO4. The molecule has 0 bridgehead atoms. The Balaban J connectivity index is 1.90. The SMILES string of the molecule is CNC(=O)OC1(C)CCC2(CC1)OCCO2. The monoisotopic (exact) mass is 229 g/mol. The second kappa shape index (κ2) is 4.22. The Bertz CT molecular complexity index is 263. The molecule has 1 amide bonds. The molecule has 0 atom stereocenters. The number of rotatable bonds is 1. The van der Waals surface area contributed by atoms with E-state index in [1.165, 1.54) is 0 Å². The van der Waals surface area contributed by atoms with Crippen LogP contribution in [0.1, 0.15) is 32.6 Å². The third-order valence-corrected chi connectivity index (χ3v) is 3.43. The molecule has 1 saturated carbocycles. The van der Waals surface area contributed by atoms with Gasteiger partial charge in [0.1, 0.15) is 5.60 Å². The average Bonchev–Trinajstić information content (AvgIpc) is 2.72. The van der Waals surface area contributed by atoms with Gasteiger partial charge in [-0.3, -0.25) is 0 Å².